The van der Waals surface area contributed by atoms with Crippen molar-refractivity contribution in [3.8, 4) is 11.1 Å². The first kappa shape index (κ1) is 27.4. The lowest BCUT2D eigenvalue weighted by molar-refractivity contribution is 0.0300. The Morgan fingerprint density at radius 1 is 1.06 bits per heavy atom. The van der Waals surface area contributed by atoms with Crippen LogP contribution in [0.4, 0.5) is 11.5 Å². The molecule has 2 fully saturated rings. The predicted molar refractivity (Wildman–Crippen MR) is 148 cm³/mol. The third-order valence-corrected chi connectivity index (χ3v) is 8.02. The second kappa shape index (κ2) is 12.7. The van der Waals surface area contributed by atoms with E-state index in [1.54, 1.807) is 19.5 Å². The molecule has 0 amide bonds. The van der Waals surface area contributed by atoms with Gasteiger partial charge in [-0.15, -0.1) is 0 Å². The summed E-state index contributed by atoms with van der Waals surface area (Å²) in [7, 11) is 1.75. The van der Waals surface area contributed by atoms with E-state index in [-0.39, 0.29) is 5.41 Å². The molecule has 4 rings (SSSR count). The smallest absolute Gasteiger partial charge is 0.137 e. The maximum Gasteiger partial charge on any atom is 0.137 e. The fourth-order valence-electron chi connectivity index (χ4n) is 5.13. The molecule has 3 heterocycles. The van der Waals surface area contributed by atoms with Crippen LogP contribution in [0.15, 0.2) is 24.5 Å². The van der Waals surface area contributed by atoms with E-state index in [9.17, 15) is 0 Å². The Hall–Kier alpha value is -1.64. The summed E-state index contributed by atoms with van der Waals surface area (Å²) in [5.74, 6) is 0.808. The second-order valence-corrected chi connectivity index (χ2v) is 11.4. The fourth-order valence-corrected chi connectivity index (χ4v) is 5.54. The van der Waals surface area contributed by atoms with E-state index < -0.39 is 0 Å². The Morgan fingerprint density at radius 2 is 1.78 bits per heavy atom. The van der Waals surface area contributed by atoms with E-state index in [2.05, 4.69) is 39.8 Å². The van der Waals surface area contributed by atoms with Crippen molar-refractivity contribution in [2.24, 2.45) is 5.41 Å². The highest BCUT2D eigenvalue weighted by atomic mass is 35.5. The topological polar surface area (TPSA) is 80.3 Å². The highest BCUT2D eigenvalue weighted by Crippen LogP contribution is 2.36. The number of hydrogen-bond donors (Lipinski definition) is 3. The molecular weight excluding hydrogens is 497 g/mol. The van der Waals surface area contributed by atoms with Gasteiger partial charge in [-0.3, -0.25) is 0 Å². The van der Waals surface area contributed by atoms with Crippen molar-refractivity contribution in [3.05, 3.63) is 34.7 Å². The average molecular weight is 537 g/mol. The SMILES string of the molecule is COC[C@H](C)NC1CCC(Nc2cc(-c3cc(NCC4(C)CCOCC4)cnc3Cl)c(Cl)cn2)CC1. The van der Waals surface area contributed by atoms with Crippen LogP contribution >= 0.6 is 23.2 Å². The van der Waals surface area contributed by atoms with Gasteiger partial charge in [0, 0.05) is 62.3 Å². The number of hydrogen-bond acceptors (Lipinski definition) is 7. The van der Waals surface area contributed by atoms with Crippen molar-refractivity contribution < 1.29 is 9.47 Å². The highest BCUT2D eigenvalue weighted by molar-refractivity contribution is 6.36. The number of nitrogens with zero attached hydrogens (tertiary/aromatic N) is 2. The monoisotopic (exact) mass is 535 g/mol. The lowest BCUT2D eigenvalue weighted by Gasteiger charge is -2.34. The second-order valence-electron chi connectivity index (χ2n) is 10.6. The molecule has 0 spiro atoms. The third kappa shape index (κ3) is 7.45. The number of halogens is 2. The molecule has 3 N–H and O–H groups in total. The fraction of sp³-hybridized carbons (Fsp3) is 0.630. The molecule has 198 valence electrons. The quantitative estimate of drug-likeness (QED) is 0.320. The third-order valence-electron chi connectivity index (χ3n) is 7.42. The number of rotatable bonds is 10. The maximum atomic E-state index is 6.58. The number of nitrogens with one attached hydrogen (secondary N) is 3. The molecule has 0 radical (unpaired) electrons. The number of methoxy groups -OCH3 is 1. The van der Waals surface area contributed by atoms with Gasteiger partial charge in [-0.2, -0.15) is 0 Å². The van der Waals surface area contributed by atoms with Gasteiger partial charge in [0.05, 0.1) is 23.5 Å². The molecule has 0 aromatic carbocycles. The summed E-state index contributed by atoms with van der Waals surface area (Å²) in [6, 6.07) is 5.30. The van der Waals surface area contributed by atoms with Crippen molar-refractivity contribution >= 4 is 34.7 Å². The van der Waals surface area contributed by atoms with Crippen LogP contribution in [0.2, 0.25) is 10.2 Å². The van der Waals surface area contributed by atoms with Crippen LogP contribution in [-0.2, 0) is 9.47 Å². The molecule has 1 aliphatic heterocycles. The molecule has 1 atom stereocenters. The van der Waals surface area contributed by atoms with Crippen molar-refractivity contribution in [1.82, 2.24) is 15.3 Å². The van der Waals surface area contributed by atoms with E-state index in [0.717, 1.165) is 87.5 Å². The Bertz CT molecular complexity index is 994. The summed E-state index contributed by atoms with van der Waals surface area (Å²) in [5.41, 5.74) is 2.77. The first-order valence-electron chi connectivity index (χ1n) is 13.0. The van der Waals surface area contributed by atoms with Crippen molar-refractivity contribution in [2.75, 3.05) is 44.1 Å². The summed E-state index contributed by atoms with van der Waals surface area (Å²) in [6.45, 7) is 7.69. The summed E-state index contributed by atoms with van der Waals surface area (Å²) in [4.78, 5) is 8.98. The maximum absolute atomic E-state index is 6.58. The molecule has 0 unspecified atom stereocenters. The van der Waals surface area contributed by atoms with Gasteiger partial charge in [-0.05, 0) is 63.0 Å². The Morgan fingerprint density at radius 3 is 2.50 bits per heavy atom. The highest BCUT2D eigenvalue weighted by Gasteiger charge is 2.27. The summed E-state index contributed by atoms with van der Waals surface area (Å²) >= 11 is 13.1. The minimum Gasteiger partial charge on any atom is -0.383 e. The summed E-state index contributed by atoms with van der Waals surface area (Å²) in [6.07, 6.45) is 9.99. The van der Waals surface area contributed by atoms with Crippen LogP contribution in [0.25, 0.3) is 11.1 Å². The standard InChI is InChI=1S/C27H39Cl2N5O2/c1-18(16-35-3)33-19-4-6-20(7-5-19)34-25-13-22(24(28)15-30-25)23-12-21(14-31-26(23)29)32-17-27(2)8-10-36-11-9-27/h12-15,18-20,32-33H,4-11,16-17H2,1-3H3,(H,30,34)/t18-,19?,20?/m0/s1. The number of aromatic nitrogens is 2. The molecule has 7 nitrogen and oxygen atoms in total. The molecule has 2 aliphatic rings. The van der Waals surface area contributed by atoms with Gasteiger partial charge in [0.2, 0.25) is 0 Å². The molecule has 36 heavy (non-hydrogen) atoms. The number of pyridine rings is 2. The van der Waals surface area contributed by atoms with Gasteiger partial charge in [-0.1, -0.05) is 30.1 Å². The molecule has 2 aromatic rings. The van der Waals surface area contributed by atoms with Crippen LogP contribution in [0, 0.1) is 5.41 Å². The van der Waals surface area contributed by atoms with Gasteiger partial charge in [-0.25, -0.2) is 9.97 Å². The van der Waals surface area contributed by atoms with E-state index in [4.69, 9.17) is 32.7 Å². The van der Waals surface area contributed by atoms with Crippen molar-refractivity contribution in [3.63, 3.8) is 0 Å². The van der Waals surface area contributed by atoms with Crippen LogP contribution in [0.1, 0.15) is 52.4 Å². The van der Waals surface area contributed by atoms with E-state index in [1.165, 1.54) is 0 Å². The number of anilines is 2. The zero-order valence-corrected chi connectivity index (χ0v) is 23.1. The van der Waals surface area contributed by atoms with Gasteiger partial charge < -0.3 is 25.4 Å². The molecule has 1 saturated heterocycles. The van der Waals surface area contributed by atoms with Crippen molar-refractivity contribution in [1.29, 1.82) is 0 Å². The lowest BCUT2D eigenvalue weighted by Crippen LogP contribution is -2.42. The molecule has 0 bridgehead atoms. The van der Waals surface area contributed by atoms with Crippen LogP contribution in [0.5, 0.6) is 0 Å². The van der Waals surface area contributed by atoms with Crippen LogP contribution in [-0.4, -0.2) is 61.6 Å². The Labute approximate surface area is 225 Å². The summed E-state index contributed by atoms with van der Waals surface area (Å²) in [5, 5.41) is 11.8. The summed E-state index contributed by atoms with van der Waals surface area (Å²) < 4.78 is 10.8. The first-order valence-corrected chi connectivity index (χ1v) is 13.8. The van der Waals surface area contributed by atoms with E-state index >= 15 is 0 Å². The molecule has 1 aliphatic carbocycles. The van der Waals surface area contributed by atoms with E-state index in [0.29, 0.717) is 28.3 Å². The Balaban J connectivity index is 1.40. The lowest BCUT2D eigenvalue weighted by atomic mass is 9.82. The Kier molecular flexibility index (Phi) is 9.70. The largest absolute Gasteiger partial charge is 0.383 e. The zero-order chi connectivity index (χ0) is 25.5. The van der Waals surface area contributed by atoms with Crippen LogP contribution in [0.3, 0.4) is 0 Å². The predicted octanol–water partition coefficient (Wildman–Crippen LogP) is 6.03. The van der Waals surface area contributed by atoms with Gasteiger partial charge in [0.1, 0.15) is 11.0 Å². The normalized spacial score (nSPS) is 22.7. The van der Waals surface area contributed by atoms with Gasteiger partial charge in [0.15, 0.2) is 0 Å². The zero-order valence-electron chi connectivity index (χ0n) is 21.6. The van der Waals surface area contributed by atoms with Gasteiger partial charge >= 0.3 is 0 Å². The minimum absolute atomic E-state index is 0.208. The van der Waals surface area contributed by atoms with Crippen molar-refractivity contribution in [2.45, 2.75) is 70.5 Å². The molecule has 9 heteroatoms. The first-order chi connectivity index (χ1) is 17.3. The molecule has 1 saturated carbocycles. The van der Waals surface area contributed by atoms with E-state index in [1.807, 2.05) is 12.1 Å². The average Bonchev–Trinajstić information content (AvgIpc) is 2.87. The number of ether oxygens (including phenoxy) is 2. The minimum atomic E-state index is 0.208. The molecular formula is C27H39Cl2N5O2. The molecule has 2 aromatic heterocycles. The van der Waals surface area contributed by atoms with Crippen LogP contribution < -0.4 is 16.0 Å². The van der Waals surface area contributed by atoms with Gasteiger partial charge in [0.25, 0.3) is 0 Å².